The Labute approximate surface area is 95.1 Å². The van der Waals surface area contributed by atoms with Crippen LogP contribution in [0.5, 0.6) is 0 Å². The zero-order valence-electron chi connectivity index (χ0n) is 8.17. The number of hydrogen-bond donors (Lipinski definition) is 2. The number of thioether (sulfide) groups is 1. The van der Waals surface area contributed by atoms with Gasteiger partial charge in [0.05, 0.1) is 28.6 Å². The van der Waals surface area contributed by atoms with Crippen LogP contribution in [0.25, 0.3) is 0 Å². The van der Waals surface area contributed by atoms with Crippen molar-refractivity contribution in [3.05, 3.63) is 34.1 Å². The smallest absolute Gasteiger partial charge is 0.285 e. The highest BCUT2D eigenvalue weighted by molar-refractivity contribution is 7.99. The first kappa shape index (κ1) is 12.9. The molecule has 88 valence electrons. The Morgan fingerprint density at radius 1 is 1.56 bits per heavy atom. The summed E-state index contributed by atoms with van der Waals surface area (Å²) in [6, 6.07) is 3.22. The maximum absolute atomic E-state index is 12.8. The summed E-state index contributed by atoms with van der Waals surface area (Å²) in [6.07, 6.45) is -0.949. The van der Waals surface area contributed by atoms with Gasteiger partial charge >= 0.3 is 0 Å². The van der Waals surface area contributed by atoms with Crippen molar-refractivity contribution in [1.29, 1.82) is 0 Å². The Hall–Kier alpha value is -1.18. The Balaban J connectivity index is 2.82. The molecule has 0 amide bonds. The molecule has 1 atom stereocenters. The van der Waals surface area contributed by atoms with Gasteiger partial charge in [-0.1, -0.05) is 0 Å². The summed E-state index contributed by atoms with van der Waals surface area (Å²) in [5, 5.41) is 28.3. The molecule has 2 N–H and O–H groups in total. The first-order valence-electron chi connectivity index (χ1n) is 4.40. The molecule has 0 bridgehead atoms. The van der Waals surface area contributed by atoms with Crippen LogP contribution in [-0.2, 0) is 0 Å². The summed E-state index contributed by atoms with van der Waals surface area (Å²) in [4.78, 5) is 10.2. The van der Waals surface area contributed by atoms with Crippen molar-refractivity contribution in [3.63, 3.8) is 0 Å². The van der Waals surface area contributed by atoms with Crippen molar-refractivity contribution in [2.75, 3.05) is 12.4 Å². The molecule has 0 aromatic heterocycles. The van der Waals surface area contributed by atoms with Gasteiger partial charge in [-0.25, -0.2) is 4.39 Å². The summed E-state index contributed by atoms with van der Waals surface area (Å²) in [7, 11) is 0. The Kier molecular flexibility index (Phi) is 4.66. The average molecular weight is 247 g/mol. The molecule has 0 aliphatic rings. The van der Waals surface area contributed by atoms with E-state index in [2.05, 4.69) is 0 Å². The maximum atomic E-state index is 12.8. The molecule has 0 saturated carbocycles. The van der Waals surface area contributed by atoms with Gasteiger partial charge in [-0.3, -0.25) is 10.1 Å². The van der Waals surface area contributed by atoms with Crippen LogP contribution in [0.15, 0.2) is 23.1 Å². The molecule has 7 heteroatoms. The minimum Gasteiger partial charge on any atom is -0.394 e. The Bertz CT molecular complexity index is 388. The van der Waals surface area contributed by atoms with Gasteiger partial charge in [-0.2, -0.15) is 0 Å². The van der Waals surface area contributed by atoms with Crippen LogP contribution in [0, 0.1) is 15.9 Å². The van der Waals surface area contributed by atoms with Crippen molar-refractivity contribution in [3.8, 4) is 0 Å². The molecule has 0 saturated heterocycles. The van der Waals surface area contributed by atoms with Crippen molar-refractivity contribution >= 4 is 17.4 Å². The van der Waals surface area contributed by atoms with E-state index in [4.69, 9.17) is 10.2 Å². The number of nitro benzene ring substituents is 1. The lowest BCUT2D eigenvalue weighted by Crippen LogP contribution is -2.14. The number of rotatable bonds is 5. The van der Waals surface area contributed by atoms with E-state index in [1.54, 1.807) is 0 Å². The van der Waals surface area contributed by atoms with Gasteiger partial charge in [-0.15, -0.1) is 11.8 Å². The molecule has 0 aliphatic carbocycles. The lowest BCUT2D eigenvalue weighted by Gasteiger charge is -2.06. The van der Waals surface area contributed by atoms with Crippen LogP contribution in [0.1, 0.15) is 0 Å². The number of nitro groups is 1. The van der Waals surface area contributed by atoms with Crippen molar-refractivity contribution in [2.24, 2.45) is 0 Å². The third kappa shape index (κ3) is 3.44. The molecule has 1 aromatic rings. The number of aliphatic hydroxyl groups excluding tert-OH is 2. The lowest BCUT2D eigenvalue weighted by molar-refractivity contribution is -0.387. The zero-order chi connectivity index (χ0) is 12.1. The van der Waals surface area contributed by atoms with E-state index in [0.29, 0.717) is 0 Å². The van der Waals surface area contributed by atoms with Gasteiger partial charge in [0.15, 0.2) is 0 Å². The van der Waals surface area contributed by atoms with Gasteiger partial charge in [0.1, 0.15) is 5.82 Å². The number of hydrogen-bond acceptors (Lipinski definition) is 5. The topological polar surface area (TPSA) is 83.6 Å². The van der Waals surface area contributed by atoms with E-state index in [1.807, 2.05) is 0 Å². The van der Waals surface area contributed by atoms with E-state index >= 15 is 0 Å². The molecule has 0 heterocycles. The van der Waals surface area contributed by atoms with Crippen molar-refractivity contribution in [1.82, 2.24) is 0 Å². The van der Waals surface area contributed by atoms with Crippen LogP contribution in [0.2, 0.25) is 0 Å². The molecule has 1 unspecified atom stereocenters. The third-order valence-corrected chi connectivity index (χ3v) is 2.97. The maximum Gasteiger partial charge on any atom is 0.285 e. The second kappa shape index (κ2) is 5.78. The highest BCUT2D eigenvalue weighted by atomic mass is 32.2. The molecular weight excluding hydrogens is 237 g/mol. The quantitative estimate of drug-likeness (QED) is 0.463. The normalized spacial score (nSPS) is 12.4. The number of nitrogens with zero attached hydrogens (tertiary/aromatic N) is 1. The zero-order valence-corrected chi connectivity index (χ0v) is 8.98. The average Bonchev–Trinajstić information content (AvgIpc) is 2.26. The van der Waals surface area contributed by atoms with Crippen LogP contribution < -0.4 is 0 Å². The van der Waals surface area contributed by atoms with Gasteiger partial charge in [0.2, 0.25) is 0 Å². The van der Waals surface area contributed by atoms with E-state index in [-0.39, 0.29) is 16.3 Å². The Morgan fingerprint density at radius 3 is 2.81 bits per heavy atom. The molecule has 0 radical (unpaired) electrons. The molecule has 16 heavy (non-hydrogen) atoms. The van der Waals surface area contributed by atoms with Crippen molar-refractivity contribution in [2.45, 2.75) is 11.0 Å². The van der Waals surface area contributed by atoms with E-state index in [0.717, 1.165) is 23.9 Å². The summed E-state index contributed by atoms with van der Waals surface area (Å²) in [6.45, 7) is -0.415. The molecule has 5 nitrogen and oxygen atoms in total. The summed E-state index contributed by atoms with van der Waals surface area (Å²) in [5.41, 5.74) is -0.338. The van der Waals surface area contributed by atoms with Crippen molar-refractivity contribution < 1.29 is 19.5 Å². The fraction of sp³-hybridized carbons (Fsp3) is 0.333. The fourth-order valence-corrected chi connectivity index (χ4v) is 1.92. The lowest BCUT2D eigenvalue weighted by atomic mass is 10.3. The number of benzene rings is 1. The molecule has 1 aromatic carbocycles. The van der Waals surface area contributed by atoms with E-state index in [1.165, 1.54) is 6.07 Å². The first-order valence-corrected chi connectivity index (χ1v) is 5.39. The van der Waals surface area contributed by atoms with Gasteiger partial charge in [-0.05, 0) is 12.1 Å². The van der Waals surface area contributed by atoms with Crippen LogP contribution in [0.4, 0.5) is 10.1 Å². The van der Waals surface area contributed by atoms with Crippen LogP contribution in [-0.4, -0.2) is 33.6 Å². The largest absolute Gasteiger partial charge is 0.394 e. The first-order chi connectivity index (χ1) is 7.54. The predicted molar refractivity (Wildman–Crippen MR) is 56.9 cm³/mol. The van der Waals surface area contributed by atoms with E-state index < -0.39 is 23.5 Å². The predicted octanol–water partition coefficient (Wildman–Crippen LogP) is 1.18. The van der Waals surface area contributed by atoms with Crippen LogP contribution >= 0.6 is 11.8 Å². The molecular formula is C9H10FNO4S. The second-order valence-corrected chi connectivity index (χ2v) is 4.08. The van der Waals surface area contributed by atoms with Gasteiger partial charge in [0, 0.05) is 5.75 Å². The standard InChI is InChI=1S/C9H10FNO4S/c10-6-1-2-9(8(3-6)11(14)15)16-5-7(13)4-12/h1-3,7,12-13H,4-5H2. The molecule has 0 spiro atoms. The highest BCUT2D eigenvalue weighted by Crippen LogP contribution is 2.29. The van der Waals surface area contributed by atoms with Gasteiger partial charge < -0.3 is 10.2 Å². The minimum absolute atomic E-state index is 0.114. The summed E-state index contributed by atoms with van der Waals surface area (Å²) < 4.78 is 12.8. The number of aliphatic hydroxyl groups is 2. The SMILES string of the molecule is O=[N+]([O-])c1cc(F)ccc1SCC(O)CO. The molecule has 0 aliphatic heterocycles. The second-order valence-electron chi connectivity index (χ2n) is 3.02. The fourth-order valence-electron chi connectivity index (χ4n) is 0.994. The summed E-state index contributed by atoms with van der Waals surface area (Å²) in [5.74, 6) is -0.568. The Morgan fingerprint density at radius 2 is 2.25 bits per heavy atom. The van der Waals surface area contributed by atoms with E-state index in [9.17, 15) is 14.5 Å². The number of halogens is 1. The van der Waals surface area contributed by atoms with Crippen LogP contribution in [0.3, 0.4) is 0 Å². The van der Waals surface area contributed by atoms with Gasteiger partial charge in [0.25, 0.3) is 5.69 Å². The molecule has 1 rings (SSSR count). The summed E-state index contributed by atoms with van der Waals surface area (Å²) >= 11 is 0.998. The minimum atomic E-state index is -0.949. The molecule has 0 fully saturated rings. The monoisotopic (exact) mass is 247 g/mol. The third-order valence-electron chi connectivity index (χ3n) is 1.76. The highest BCUT2D eigenvalue weighted by Gasteiger charge is 2.16.